The van der Waals surface area contributed by atoms with Crippen LogP contribution in [0, 0.1) is 6.92 Å². The van der Waals surface area contributed by atoms with Crippen LogP contribution in [0.25, 0.3) is 21.5 Å². The maximum atomic E-state index is 9.99. The third-order valence-corrected chi connectivity index (χ3v) is 3.10. The van der Waals surface area contributed by atoms with Crippen molar-refractivity contribution >= 4 is 21.5 Å². The Bertz CT molecular complexity index is 678. The van der Waals surface area contributed by atoms with Crippen molar-refractivity contribution in [1.82, 2.24) is 0 Å². The van der Waals surface area contributed by atoms with E-state index in [1.165, 1.54) is 10.9 Å². The molecule has 0 aliphatic heterocycles. The van der Waals surface area contributed by atoms with Crippen molar-refractivity contribution in [2.75, 3.05) is 0 Å². The van der Waals surface area contributed by atoms with E-state index in [1.54, 1.807) is 0 Å². The van der Waals surface area contributed by atoms with Gasteiger partial charge in [0.25, 0.3) is 0 Å². The van der Waals surface area contributed by atoms with Gasteiger partial charge in [-0.15, -0.1) is 0 Å². The van der Waals surface area contributed by atoms with E-state index < -0.39 is 0 Å². The lowest BCUT2D eigenvalue weighted by Crippen LogP contribution is -1.81. The van der Waals surface area contributed by atoms with Crippen LogP contribution in [0.5, 0.6) is 5.75 Å². The molecule has 3 aromatic rings. The van der Waals surface area contributed by atoms with Gasteiger partial charge in [-0.1, -0.05) is 42.5 Å². The Morgan fingerprint density at radius 1 is 0.750 bits per heavy atom. The Kier molecular flexibility index (Phi) is 1.87. The predicted molar refractivity (Wildman–Crippen MR) is 67.9 cm³/mol. The Morgan fingerprint density at radius 3 is 2.19 bits per heavy atom. The highest BCUT2D eigenvalue weighted by molar-refractivity contribution is 6.10. The van der Waals surface area contributed by atoms with Gasteiger partial charge < -0.3 is 5.11 Å². The SMILES string of the molecule is Cc1cccc2c1cc(O)c1ccccc12. The van der Waals surface area contributed by atoms with Gasteiger partial charge in [-0.05, 0) is 34.7 Å². The molecule has 0 aliphatic rings. The van der Waals surface area contributed by atoms with Gasteiger partial charge in [0, 0.05) is 5.39 Å². The molecule has 0 spiro atoms. The first-order valence-corrected chi connectivity index (χ1v) is 5.37. The Labute approximate surface area is 94.0 Å². The van der Waals surface area contributed by atoms with E-state index in [2.05, 4.69) is 31.2 Å². The van der Waals surface area contributed by atoms with Crippen LogP contribution in [0.1, 0.15) is 5.56 Å². The zero-order valence-electron chi connectivity index (χ0n) is 9.07. The average molecular weight is 208 g/mol. The van der Waals surface area contributed by atoms with Crippen LogP contribution in [0.4, 0.5) is 0 Å². The standard InChI is InChI=1S/C15H12O/c1-10-5-4-8-12-11-6-2-3-7-13(11)15(16)9-14(10)12/h2-9,16H,1H3. The number of phenols is 1. The number of rotatable bonds is 0. The second-order valence-corrected chi connectivity index (χ2v) is 4.11. The molecule has 78 valence electrons. The van der Waals surface area contributed by atoms with Crippen molar-refractivity contribution in [2.45, 2.75) is 6.92 Å². The third kappa shape index (κ3) is 1.18. The minimum Gasteiger partial charge on any atom is -0.507 e. The summed E-state index contributed by atoms with van der Waals surface area (Å²) in [6.07, 6.45) is 0. The molecule has 3 rings (SSSR count). The van der Waals surface area contributed by atoms with E-state index >= 15 is 0 Å². The van der Waals surface area contributed by atoms with Gasteiger partial charge in [0.15, 0.2) is 0 Å². The van der Waals surface area contributed by atoms with E-state index in [9.17, 15) is 5.11 Å². The van der Waals surface area contributed by atoms with Gasteiger partial charge in [-0.3, -0.25) is 0 Å². The second-order valence-electron chi connectivity index (χ2n) is 4.11. The quantitative estimate of drug-likeness (QED) is 0.553. The highest BCUT2D eigenvalue weighted by atomic mass is 16.3. The van der Waals surface area contributed by atoms with Crippen LogP contribution in [0.3, 0.4) is 0 Å². The van der Waals surface area contributed by atoms with E-state index in [0.717, 1.165) is 16.2 Å². The Hall–Kier alpha value is -2.02. The lowest BCUT2D eigenvalue weighted by molar-refractivity contribution is 0.482. The molecule has 0 bridgehead atoms. The molecular formula is C15H12O. The number of aryl methyl sites for hydroxylation is 1. The van der Waals surface area contributed by atoms with E-state index in [-0.39, 0.29) is 0 Å². The summed E-state index contributed by atoms with van der Waals surface area (Å²) >= 11 is 0. The van der Waals surface area contributed by atoms with Crippen LogP contribution in [0.2, 0.25) is 0 Å². The zero-order valence-corrected chi connectivity index (χ0v) is 9.07. The van der Waals surface area contributed by atoms with E-state index in [1.807, 2.05) is 24.3 Å². The average Bonchev–Trinajstić information content (AvgIpc) is 2.31. The molecule has 0 fully saturated rings. The zero-order chi connectivity index (χ0) is 11.1. The molecule has 0 atom stereocenters. The fourth-order valence-electron chi connectivity index (χ4n) is 2.26. The number of benzene rings is 3. The van der Waals surface area contributed by atoms with Gasteiger partial charge >= 0.3 is 0 Å². The van der Waals surface area contributed by atoms with Gasteiger partial charge in [-0.25, -0.2) is 0 Å². The van der Waals surface area contributed by atoms with Crippen molar-refractivity contribution in [3.63, 3.8) is 0 Å². The monoisotopic (exact) mass is 208 g/mol. The van der Waals surface area contributed by atoms with Crippen LogP contribution in [0.15, 0.2) is 48.5 Å². The molecule has 0 heterocycles. The first-order chi connectivity index (χ1) is 7.77. The maximum absolute atomic E-state index is 9.99. The summed E-state index contributed by atoms with van der Waals surface area (Å²) in [6.45, 7) is 2.07. The summed E-state index contributed by atoms with van der Waals surface area (Å²) in [4.78, 5) is 0. The first-order valence-electron chi connectivity index (χ1n) is 5.37. The molecule has 3 aromatic carbocycles. The van der Waals surface area contributed by atoms with Gasteiger partial charge in [0.05, 0.1) is 0 Å². The number of fused-ring (bicyclic) bond motifs is 3. The Balaban J connectivity index is 2.64. The van der Waals surface area contributed by atoms with Crippen LogP contribution >= 0.6 is 0 Å². The molecule has 0 saturated heterocycles. The molecular weight excluding hydrogens is 196 g/mol. The van der Waals surface area contributed by atoms with Crippen molar-refractivity contribution in [3.8, 4) is 5.75 Å². The fourth-order valence-corrected chi connectivity index (χ4v) is 2.26. The van der Waals surface area contributed by atoms with Gasteiger partial charge in [0.2, 0.25) is 0 Å². The number of phenolic OH excluding ortho intramolecular Hbond substituents is 1. The summed E-state index contributed by atoms with van der Waals surface area (Å²) in [6, 6.07) is 16.0. The fraction of sp³-hybridized carbons (Fsp3) is 0.0667. The maximum Gasteiger partial charge on any atom is 0.124 e. The molecule has 1 heteroatoms. The number of hydrogen-bond acceptors (Lipinski definition) is 1. The third-order valence-electron chi connectivity index (χ3n) is 3.10. The minimum atomic E-state index is 0.359. The number of hydrogen-bond donors (Lipinski definition) is 1. The molecule has 1 N–H and O–H groups in total. The normalized spacial score (nSPS) is 11.1. The summed E-state index contributed by atoms with van der Waals surface area (Å²) < 4.78 is 0. The Morgan fingerprint density at radius 2 is 1.38 bits per heavy atom. The van der Waals surface area contributed by atoms with Crippen LogP contribution < -0.4 is 0 Å². The lowest BCUT2D eigenvalue weighted by Gasteiger charge is -2.08. The largest absolute Gasteiger partial charge is 0.507 e. The molecule has 0 unspecified atom stereocenters. The van der Waals surface area contributed by atoms with Gasteiger partial charge in [0.1, 0.15) is 5.75 Å². The molecule has 0 amide bonds. The molecule has 0 radical (unpaired) electrons. The first kappa shape index (κ1) is 9.22. The summed E-state index contributed by atoms with van der Waals surface area (Å²) in [5.74, 6) is 0.359. The second kappa shape index (κ2) is 3.24. The predicted octanol–water partition coefficient (Wildman–Crippen LogP) is 4.01. The molecule has 1 nitrogen and oxygen atoms in total. The highest BCUT2D eigenvalue weighted by Gasteiger charge is 2.05. The summed E-state index contributed by atoms with van der Waals surface area (Å²) in [5, 5.41) is 14.3. The molecule has 0 aliphatic carbocycles. The highest BCUT2D eigenvalue weighted by Crippen LogP contribution is 2.33. The van der Waals surface area contributed by atoms with E-state index in [4.69, 9.17) is 0 Å². The van der Waals surface area contributed by atoms with Crippen molar-refractivity contribution < 1.29 is 5.11 Å². The smallest absolute Gasteiger partial charge is 0.124 e. The van der Waals surface area contributed by atoms with Crippen LogP contribution in [-0.2, 0) is 0 Å². The summed E-state index contributed by atoms with van der Waals surface area (Å²) in [5.41, 5.74) is 1.19. The van der Waals surface area contributed by atoms with Crippen molar-refractivity contribution in [2.24, 2.45) is 0 Å². The molecule has 16 heavy (non-hydrogen) atoms. The summed E-state index contributed by atoms with van der Waals surface area (Å²) in [7, 11) is 0. The van der Waals surface area contributed by atoms with E-state index in [0.29, 0.717) is 5.75 Å². The topological polar surface area (TPSA) is 20.2 Å². The molecule has 0 saturated carbocycles. The van der Waals surface area contributed by atoms with Crippen LogP contribution in [-0.4, -0.2) is 5.11 Å². The minimum absolute atomic E-state index is 0.359. The van der Waals surface area contributed by atoms with Gasteiger partial charge in [-0.2, -0.15) is 0 Å². The molecule has 0 aromatic heterocycles. The van der Waals surface area contributed by atoms with Crippen molar-refractivity contribution in [1.29, 1.82) is 0 Å². The lowest BCUT2D eigenvalue weighted by atomic mass is 9.98. The number of aromatic hydroxyl groups is 1. The van der Waals surface area contributed by atoms with Crippen molar-refractivity contribution in [3.05, 3.63) is 54.1 Å².